The first kappa shape index (κ1) is 23.4. The molecular weight excluding hydrogens is 467 g/mol. The molecule has 0 unspecified atom stereocenters. The van der Waals surface area contributed by atoms with Crippen LogP contribution in [0.15, 0.2) is 58.9 Å². The van der Waals surface area contributed by atoms with Gasteiger partial charge < -0.3 is 14.8 Å². The Labute approximate surface area is 207 Å². The number of allylic oxidation sites excluding steroid dienone is 2. The number of aromatic nitrogens is 3. The Morgan fingerprint density at radius 1 is 1.14 bits per heavy atom. The Bertz CT molecular complexity index is 1330. The summed E-state index contributed by atoms with van der Waals surface area (Å²) in [6.07, 6.45) is 1.15. The van der Waals surface area contributed by atoms with E-state index in [0.717, 1.165) is 11.3 Å². The molecule has 2 aromatic carbocycles. The third kappa shape index (κ3) is 4.29. The number of carbonyl (C=O) groups excluding carboxylic acids is 1. The number of nitrogens with one attached hydrogen (secondary N) is 1. The smallest absolute Gasteiger partial charge is 0.227 e. The van der Waals surface area contributed by atoms with E-state index >= 15 is 0 Å². The van der Waals surface area contributed by atoms with Gasteiger partial charge in [-0.05, 0) is 29.5 Å². The van der Waals surface area contributed by atoms with Gasteiger partial charge in [-0.1, -0.05) is 55.9 Å². The largest absolute Gasteiger partial charge is 0.493 e. The van der Waals surface area contributed by atoms with Crippen molar-refractivity contribution in [1.82, 2.24) is 14.8 Å². The number of anilines is 1. The number of nitrogens with zero attached hydrogens (tertiary/aromatic N) is 3. The third-order valence-corrected chi connectivity index (χ3v) is 7.24. The minimum Gasteiger partial charge on any atom is -0.493 e. The van der Waals surface area contributed by atoms with Gasteiger partial charge >= 0.3 is 0 Å². The van der Waals surface area contributed by atoms with Crippen molar-refractivity contribution in [3.63, 3.8) is 0 Å². The molecule has 9 heteroatoms. The molecule has 0 saturated heterocycles. The molecule has 0 saturated carbocycles. The minimum atomic E-state index is -0.523. The molecule has 1 aromatic heterocycles. The van der Waals surface area contributed by atoms with Crippen molar-refractivity contribution in [2.45, 2.75) is 43.6 Å². The molecule has 0 amide bonds. The number of rotatable bonds is 6. The fourth-order valence-electron chi connectivity index (χ4n) is 4.82. The molecule has 35 heavy (non-hydrogen) atoms. The first-order valence-corrected chi connectivity index (χ1v) is 12.4. The lowest BCUT2D eigenvalue weighted by Crippen LogP contribution is -2.36. The number of para-hydroxylation sites is 1. The summed E-state index contributed by atoms with van der Waals surface area (Å²) in [7, 11) is 3.17. The van der Waals surface area contributed by atoms with E-state index in [1.54, 1.807) is 31.0 Å². The first-order valence-electron chi connectivity index (χ1n) is 11.4. The molecule has 1 aliphatic heterocycles. The van der Waals surface area contributed by atoms with Gasteiger partial charge in [-0.3, -0.25) is 4.79 Å². The lowest BCUT2D eigenvalue weighted by molar-refractivity contribution is -0.118. The highest BCUT2D eigenvalue weighted by atomic mass is 32.2. The van der Waals surface area contributed by atoms with Crippen molar-refractivity contribution in [2.75, 3.05) is 19.5 Å². The second kappa shape index (κ2) is 9.03. The zero-order valence-electron chi connectivity index (χ0n) is 20.1. The van der Waals surface area contributed by atoms with Crippen molar-refractivity contribution in [2.24, 2.45) is 5.41 Å². The Balaban J connectivity index is 1.60. The van der Waals surface area contributed by atoms with Gasteiger partial charge in [0.05, 0.1) is 14.2 Å². The van der Waals surface area contributed by atoms with Crippen LogP contribution in [-0.2, 0) is 10.5 Å². The summed E-state index contributed by atoms with van der Waals surface area (Å²) in [5, 5.41) is 8.61. The van der Waals surface area contributed by atoms with E-state index in [2.05, 4.69) is 19.2 Å². The molecular formula is C26H27FN4O3S. The van der Waals surface area contributed by atoms with E-state index in [9.17, 15) is 9.18 Å². The van der Waals surface area contributed by atoms with Crippen LogP contribution in [0.4, 0.5) is 10.3 Å². The van der Waals surface area contributed by atoms with E-state index < -0.39 is 6.04 Å². The van der Waals surface area contributed by atoms with E-state index in [4.69, 9.17) is 19.6 Å². The molecule has 1 N–H and O–H groups in total. The Morgan fingerprint density at radius 2 is 1.94 bits per heavy atom. The predicted octanol–water partition coefficient (Wildman–Crippen LogP) is 5.38. The van der Waals surface area contributed by atoms with Crippen LogP contribution in [0.3, 0.4) is 0 Å². The number of ketones is 1. The van der Waals surface area contributed by atoms with Crippen LogP contribution in [-0.4, -0.2) is 34.8 Å². The summed E-state index contributed by atoms with van der Waals surface area (Å²) < 4.78 is 27.1. The van der Waals surface area contributed by atoms with Crippen molar-refractivity contribution in [3.8, 4) is 11.5 Å². The van der Waals surface area contributed by atoms with Crippen LogP contribution in [0.25, 0.3) is 0 Å². The monoisotopic (exact) mass is 494 g/mol. The minimum absolute atomic E-state index is 0.0698. The average Bonchev–Trinajstić information content (AvgIpc) is 3.23. The third-order valence-electron chi connectivity index (χ3n) is 6.36. The number of hydrogen-bond acceptors (Lipinski definition) is 7. The number of carbonyl (C=O) groups is 1. The van der Waals surface area contributed by atoms with E-state index in [-0.39, 0.29) is 17.0 Å². The summed E-state index contributed by atoms with van der Waals surface area (Å²) >= 11 is 1.35. The number of methoxy groups -OCH3 is 2. The Hall–Kier alpha value is -3.33. The maximum Gasteiger partial charge on any atom is 0.227 e. The lowest BCUT2D eigenvalue weighted by Gasteiger charge is -2.38. The highest BCUT2D eigenvalue weighted by molar-refractivity contribution is 7.98. The van der Waals surface area contributed by atoms with Gasteiger partial charge in [0.25, 0.3) is 0 Å². The van der Waals surface area contributed by atoms with E-state index in [1.807, 2.05) is 24.3 Å². The van der Waals surface area contributed by atoms with Gasteiger partial charge in [-0.15, -0.1) is 5.10 Å². The summed E-state index contributed by atoms with van der Waals surface area (Å²) in [6.45, 7) is 4.18. The zero-order chi connectivity index (χ0) is 24.7. The van der Waals surface area contributed by atoms with Crippen LogP contribution >= 0.6 is 11.8 Å². The highest BCUT2D eigenvalue weighted by Crippen LogP contribution is 2.48. The number of benzene rings is 2. The van der Waals surface area contributed by atoms with Crippen LogP contribution in [0, 0.1) is 11.2 Å². The molecule has 2 heterocycles. The number of thioether (sulfide) groups is 1. The zero-order valence-corrected chi connectivity index (χ0v) is 20.9. The Kier molecular flexibility index (Phi) is 6.04. The SMILES string of the molecule is COc1cccc([C@@H]2C3=C(CC(C)(C)CC3=O)Nc3nc(SCc4ccccc4F)nn32)c1OC. The molecule has 1 aliphatic carbocycles. The summed E-state index contributed by atoms with van der Waals surface area (Å²) in [5.41, 5.74) is 2.70. The maximum atomic E-state index is 14.1. The standard InChI is InChI=1S/C26H27FN4O3S/c1-26(2)12-18-21(19(32)13-26)22(16-9-7-11-20(33-3)23(16)34-4)31-24(28-18)29-25(30-31)35-14-15-8-5-6-10-17(15)27/h5-11,22H,12-14H2,1-4H3,(H,28,29,30)/t22-/m1/s1. The molecule has 182 valence electrons. The summed E-state index contributed by atoms with van der Waals surface area (Å²) in [6, 6.07) is 11.8. The number of hydrogen-bond donors (Lipinski definition) is 1. The molecule has 3 aromatic rings. The van der Waals surface area contributed by atoms with Crippen LogP contribution in [0.5, 0.6) is 11.5 Å². The van der Waals surface area contributed by atoms with E-state index in [0.29, 0.717) is 52.3 Å². The molecule has 7 nitrogen and oxygen atoms in total. The average molecular weight is 495 g/mol. The van der Waals surface area contributed by atoms with Crippen molar-refractivity contribution < 1.29 is 18.7 Å². The van der Waals surface area contributed by atoms with Gasteiger partial charge in [0, 0.05) is 29.0 Å². The molecule has 0 radical (unpaired) electrons. The highest BCUT2D eigenvalue weighted by Gasteiger charge is 2.43. The molecule has 0 spiro atoms. The molecule has 2 aliphatic rings. The van der Waals surface area contributed by atoms with E-state index in [1.165, 1.54) is 17.8 Å². The summed E-state index contributed by atoms with van der Waals surface area (Å²) in [5.74, 6) is 1.87. The van der Waals surface area contributed by atoms with Crippen LogP contribution in [0.1, 0.15) is 43.9 Å². The van der Waals surface area contributed by atoms with Crippen LogP contribution < -0.4 is 14.8 Å². The second-order valence-corrected chi connectivity index (χ2v) is 10.4. The topological polar surface area (TPSA) is 78.3 Å². The van der Waals surface area contributed by atoms with Gasteiger partial charge in [-0.25, -0.2) is 9.07 Å². The fourth-order valence-corrected chi connectivity index (χ4v) is 5.64. The molecule has 5 rings (SSSR count). The van der Waals surface area contributed by atoms with Crippen LogP contribution in [0.2, 0.25) is 0 Å². The van der Waals surface area contributed by atoms with Gasteiger partial charge in [-0.2, -0.15) is 4.98 Å². The van der Waals surface area contributed by atoms with Crippen molar-refractivity contribution in [3.05, 3.63) is 70.7 Å². The number of fused-ring (bicyclic) bond motifs is 1. The van der Waals surface area contributed by atoms with Gasteiger partial charge in [0.15, 0.2) is 17.3 Å². The summed E-state index contributed by atoms with van der Waals surface area (Å²) in [4.78, 5) is 18.2. The second-order valence-electron chi connectivity index (χ2n) is 9.49. The van der Waals surface area contributed by atoms with Gasteiger partial charge in [0.2, 0.25) is 11.1 Å². The fraction of sp³-hybridized carbons (Fsp3) is 0.346. The number of halogens is 1. The predicted molar refractivity (Wildman–Crippen MR) is 132 cm³/mol. The quantitative estimate of drug-likeness (QED) is 0.461. The van der Waals surface area contributed by atoms with Crippen molar-refractivity contribution in [1.29, 1.82) is 0 Å². The molecule has 0 fully saturated rings. The lowest BCUT2D eigenvalue weighted by atomic mass is 9.73. The molecule has 1 atom stereocenters. The molecule has 0 bridgehead atoms. The number of ether oxygens (including phenoxy) is 2. The van der Waals surface area contributed by atoms with Gasteiger partial charge in [0.1, 0.15) is 11.9 Å². The number of Topliss-reactive ketones (excluding diaryl/α,β-unsaturated/α-hetero) is 1. The normalized spacial score (nSPS) is 18.5. The van der Waals surface area contributed by atoms with Crippen molar-refractivity contribution >= 4 is 23.5 Å². The first-order chi connectivity index (χ1) is 16.8. The Morgan fingerprint density at radius 3 is 2.69 bits per heavy atom. The maximum absolute atomic E-state index is 14.1.